The first-order chi connectivity index (χ1) is 7.70. The first kappa shape index (κ1) is 11.1. The van der Waals surface area contributed by atoms with Crippen LogP contribution in [-0.2, 0) is 15.0 Å². The molecule has 16 heavy (non-hydrogen) atoms. The van der Waals surface area contributed by atoms with Crippen LogP contribution in [0.5, 0.6) is 0 Å². The van der Waals surface area contributed by atoms with Gasteiger partial charge in [-0.15, -0.1) is 0 Å². The molecule has 0 heterocycles. The summed E-state index contributed by atoms with van der Waals surface area (Å²) in [6.45, 7) is 0. The van der Waals surface area contributed by atoms with Crippen molar-refractivity contribution in [1.29, 1.82) is 0 Å². The summed E-state index contributed by atoms with van der Waals surface area (Å²) in [5.74, 6) is 0.0625. The fourth-order valence-corrected chi connectivity index (χ4v) is 2.30. The third-order valence-electron chi connectivity index (χ3n) is 3.50. The SMILES string of the molecule is CON(C)C(=O)C1(c2ccccc2)CCC1. The van der Waals surface area contributed by atoms with Gasteiger partial charge in [0.05, 0.1) is 12.5 Å². The summed E-state index contributed by atoms with van der Waals surface area (Å²) in [5, 5.41) is 1.34. The molecule has 0 atom stereocenters. The summed E-state index contributed by atoms with van der Waals surface area (Å²) in [7, 11) is 3.20. The van der Waals surface area contributed by atoms with E-state index in [-0.39, 0.29) is 11.3 Å². The molecule has 0 N–H and O–H groups in total. The lowest BCUT2D eigenvalue weighted by molar-refractivity contribution is -0.179. The smallest absolute Gasteiger partial charge is 0.256 e. The minimum absolute atomic E-state index is 0.0625. The van der Waals surface area contributed by atoms with E-state index in [2.05, 4.69) is 0 Å². The van der Waals surface area contributed by atoms with Crippen molar-refractivity contribution in [3.05, 3.63) is 35.9 Å². The van der Waals surface area contributed by atoms with Gasteiger partial charge in [-0.1, -0.05) is 36.8 Å². The highest BCUT2D eigenvalue weighted by molar-refractivity contribution is 5.88. The van der Waals surface area contributed by atoms with Gasteiger partial charge in [-0.05, 0) is 18.4 Å². The van der Waals surface area contributed by atoms with E-state index in [1.165, 1.54) is 12.2 Å². The van der Waals surface area contributed by atoms with Gasteiger partial charge < -0.3 is 0 Å². The van der Waals surface area contributed by atoms with Crippen molar-refractivity contribution in [2.75, 3.05) is 14.2 Å². The van der Waals surface area contributed by atoms with Crippen molar-refractivity contribution < 1.29 is 9.63 Å². The molecule has 1 aromatic rings. The van der Waals surface area contributed by atoms with Crippen molar-refractivity contribution >= 4 is 5.91 Å². The average molecular weight is 219 g/mol. The van der Waals surface area contributed by atoms with E-state index >= 15 is 0 Å². The molecule has 3 nitrogen and oxygen atoms in total. The molecule has 0 spiro atoms. The Morgan fingerprint density at radius 2 is 1.94 bits per heavy atom. The number of carbonyl (C=O) groups is 1. The molecule has 2 rings (SSSR count). The number of hydrogen-bond donors (Lipinski definition) is 0. The van der Waals surface area contributed by atoms with E-state index < -0.39 is 0 Å². The largest absolute Gasteiger partial charge is 0.275 e. The quantitative estimate of drug-likeness (QED) is 0.729. The minimum Gasteiger partial charge on any atom is -0.275 e. The van der Waals surface area contributed by atoms with Crippen LogP contribution in [0.3, 0.4) is 0 Å². The van der Waals surface area contributed by atoms with Crippen LogP contribution in [0.4, 0.5) is 0 Å². The maximum absolute atomic E-state index is 12.3. The number of hydroxylamine groups is 2. The van der Waals surface area contributed by atoms with Crippen LogP contribution < -0.4 is 0 Å². The fourth-order valence-electron chi connectivity index (χ4n) is 2.30. The van der Waals surface area contributed by atoms with Crippen LogP contribution in [0, 0.1) is 0 Å². The number of benzene rings is 1. The molecule has 86 valence electrons. The molecular formula is C13H17NO2. The van der Waals surface area contributed by atoms with Crippen molar-refractivity contribution in [3.63, 3.8) is 0 Å². The molecule has 1 fully saturated rings. The molecule has 0 radical (unpaired) electrons. The third-order valence-corrected chi connectivity index (χ3v) is 3.50. The van der Waals surface area contributed by atoms with Gasteiger partial charge in [-0.3, -0.25) is 9.63 Å². The fraction of sp³-hybridized carbons (Fsp3) is 0.462. The molecule has 0 bridgehead atoms. The highest BCUT2D eigenvalue weighted by Gasteiger charge is 2.47. The molecular weight excluding hydrogens is 202 g/mol. The number of likely N-dealkylation sites (N-methyl/N-ethyl adjacent to an activating group) is 1. The summed E-state index contributed by atoms with van der Waals surface area (Å²) >= 11 is 0. The number of carbonyl (C=O) groups excluding carboxylic acids is 1. The predicted octanol–water partition coefficient (Wildman–Crippen LogP) is 2.13. The van der Waals surface area contributed by atoms with Crippen molar-refractivity contribution in [3.8, 4) is 0 Å². The standard InChI is InChI=1S/C13H17NO2/c1-14(16-2)12(15)13(9-6-10-13)11-7-4-3-5-8-11/h3-5,7-8H,6,9-10H2,1-2H3. The molecule has 0 aromatic heterocycles. The molecule has 0 aliphatic heterocycles. The zero-order chi connectivity index (χ0) is 11.6. The molecule has 3 heteroatoms. The van der Waals surface area contributed by atoms with Gasteiger partial charge in [0.1, 0.15) is 0 Å². The van der Waals surface area contributed by atoms with Gasteiger partial charge >= 0.3 is 0 Å². The Bertz CT molecular complexity index is 371. The van der Waals surface area contributed by atoms with E-state index in [9.17, 15) is 4.79 Å². The Morgan fingerprint density at radius 3 is 2.38 bits per heavy atom. The Balaban J connectivity index is 2.30. The van der Waals surface area contributed by atoms with Gasteiger partial charge in [-0.25, -0.2) is 5.06 Å². The van der Waals surface area contributed by atoms with Crippen molar-refractivity contribution in [2.45, 2.75) is 24.7 Å². The van der Waals surface area contributed by atoms with Crippen LogP contribution in [-0.4, -0.2) is 25.1 Å². The van der Waals surface area contributed by atoms with E-state index in [0.717, 1.165) is 24.8 Å². The monoisotopic (exact) mass is 219 g/mol. The molecule has 1 aliphatic rings. The lowest BCUT2D eigenvalue weighted by atomic mass is 9.64. The van der Waals surface area contributed by atoms with Crippen LogP contribution in [0.25, 0.3) is 0 Å². The van der Waals surface area contributed by atoms with E-state index in [4.69, 9.17) is 4.84 Å². The van der Waals surface area contributed by atoms with Gasteiger partial charge in [0.25, 0.3) is 5.91 Å². The molecule has 0 unspecified atom stereocenters. The molecule has 1 amide bonds. The lowest BCUT2D eigenvalue weighted by Crippen LogP contribution is -2.49. The van der Waals surface area contributed by atoms with Crippen LogP contribution in [0.1, 0.15) is 24.8 Å². The summed E-state index contributed by atoms with van der Waals surface area (Å²) < 4.78 is 0. The van der Waals surface area contributed by atoms with E-state index in [0.29, 0.717) is 0 Å². The van der Waals surface area contributed by atoms with Crippen molar-refractivity contribution in [2.24, 2.45) is 0 Å². The van der Waals surface area contributed by atoms with Crippen LogP contribution >= 0.6 is 0 Å². The summed E-state index contributed by atoms with van der Waals surface area (Å²) in [5.41, 5.74) is 0.765. The van der Waals surface area contributed by atoms with Gasteiger partial charge in [0.15, 0.2) is 0 Å². The van der Waals surface area contributed by atoms with E-state index in [1.54, 1.807) is 7.05 Å². The number of rotatable bonds is 3. The Labute approximate surface area is 96.0 Å². The second kappa shape index (κ2) is 4.26. The Morgan fingerprint density at radius 1 is 1.31 bits per heavy atom. The maximum atomic E-state index is 12.3. The summed E-state index contributed by atoms with van der Waals surface area (Å²) in [4.78, 5) is 17.3. The Hall–Kier alpha value is -1.35. The van der Waals surface area contributed by atoms with Crippen LogP contribution in [0.15, 0.2) is 30.3 Å². The second-order valence-corrected chi connectivity index (χ2v) is 4.29. The highest BCUT2D eigenvalue weighted by atomic mass is 16.7. The first-order valence-electron chi connectivity index (χ1n) is 5.58. The minimum atomic E-state index is -0.341. The molecule has 1 aliphatic carbocycles. The third kappa shape index (κ3) is 1.61. The normalized spacial score (nSPS) is 17.6. The number of nitrogens with zero attached hydrogens (tertiary/aromatic N) is 1. The highest BCUT2D eigenvalue weighted by Crippen LogP contribution is 2.44. The summed E-state index contributed by atoms with van der Waals surface area (Å²) in [6.07, 6.45) is 2.95. The van der Waals surface area contributed by atoms with Gasteiger partial charge in [-0.2, -0.15) is 0 Å². The molecule has 1 aromatic carbocycles. The lowest BCUT2D eigenvalue weighted by Gasteiger charge is -2.42. The number of amides is 1. The molecule has 1 saturated carbocycles. The van der Waals surface area contributed by atoms with Gasteiger partial charge in [0.2, 0.25) is 0 Å². The zero-order valence-corrected chi connectivity index (χ0v) is 9.77. The van der Waals surface area contributed by atoms with Gasteiger partial charge in [0, 0.05) is 7.05 Å². The average Bonchev–Trinajstić information content (AvgIpc) is 2.28. The predicted molar refractivity (Wildman–Crippen MR) is 61.8 cm³/mol. The second-order valence-electron chi connectivity index (χ2n) is 4.29. The number of hydrogen-bond acceptors (Lipinski definition) is 2. The maximum Gasteiger partial charge on any atom is 0.256 e. The van der Waals surface area contributed by atoms with E-state index in [1.807, 2.05) is 30.3 Å². The van der Waals surface area contributed by atoms with Crippen LogP contribution in [0.2, 0.25) is 0 Å². The first-order valence-corrected chi connectivity index (χ1v) is 5.58. The topological polar surface area (TPSA) is 29.5 Å². The zero-order valence-electron chi connectivity index (χ0n) is 9.77. The van der Waals surface area contributed by atoms with Crippen molar-refractivity contribution in [1.82, 2.24) is 5.06 Å². The molecule has 0 saturated heterocycles. The summed E-state index contributed by atoms with van der Waals surface area (Å²) in [6, 6.07) is 9.99. The Kier molecular flexibility index (Phi) is 2.97.